The number of nitrogens with one attached hydrogen (secondary N) is 1. The number of rotatable bonds is 4. The van der Waals surface area contributed by atoms with Crippen molar-refractivity contribution in [2.75, 3.05) is 19.7 Å². The Balaban J connectivity index is 1.90. The van der Waals surface area contributed by atoms with Crippen molar-refractivity contribution in [3.8, 4) is 0 Å². The predicted molar refractivity (Wildman–Crippen MR) is 59.0 cm³/mol. The Kier molecular flexibility index (Phi) is 3.90. The van der Waals surface area contributed by atoms with Crippen LogP contribution in [0.3, 0.4) is 0 Å². The first-order valence-corrected chi connectivity index (χ1v) is 5.90. The molecule has 1 atom stereocenters. The molecule has 1 aliphatic rings. The number of nitrogens with zero attached hydrogens (tertiary/aromatic N) is 2. The molecule has 0 radical (unpaired) electrons. The lowest BCUT2D eigenvalue weighted by Crippen LogP contribution is -2.33. The summed E-state index contributed by atoms with van der Waals surface area (Å²) in [4.78, 5) is 4.36. The van der Waals surface area contributed by atoms with Crippen LogP contribution in [0.4, 0.5) is 0 Å². The van der Waals surface area contributed by atoms with Crippen molar-refractivity contribution in [3.63, 3.8) is 0 Å². The maximum atomic E-state index is 5.56. The zero-order valence-corrected chi connectivity index (χ0v) is 9.90. The lowest BCUT2D eigenvalue weighted by atomic mass is 10.1. The Morgan fingerprint density at radius 3 is 3.06 bits per heavy atom. The Morgan fingerprint density at radius 1 is 1.50 bits per heavy atom. The van der Waals surface area contributed by atoms with Crippen LogP contribution in [0, 0.1) is 5.92 Å². The van der Waals surface area contributed by atoms with Crippen LogP contribution in [0.25, 0.3) is 0 Å². The Labute approximate surface area is 95.6 Å². The van der Waals surface area contributed by atoms with E-state index < -0.39 is 0 Å². The molecule has 5 nitrogen and oxygen atoms in total. The van der Waals surface area contributed by atoms with Crippen LogP contribution in [0.15, 0.2) is 4.52 Å². The highest BCUT2D eigenvalue weighted by molar-refractivity contribution is 4.93. The summed E-state index contributed by atoms with van der Waals surface area (Å²) in [6, 6.07) is 0. The van der Waals surface area contributed by atoms with E-state index in [-0.39, 0.29) is 6.10 Å². The molecule has 1 aliphatic heterocycles. The van der Waals surface area contributed by atoms with Crippen molar-refractivity contribution in [3.05, 3.63) is 11.7 Å². The summed E-state index contributed by atoms with van der Waals surface area (Å²) >= 11 is 0. The van der Waals surface area contributed by atoms with Crippen LogP contribution in [0.1, 0.15) is 38.1 Å². The van der Waals surface area contributed by atoms with Gasteiger partial charge in [-0.05, 0) is 12.3 Å². The molecule has 0 bridgehead atoms. The third-order valence-corrected chi connectivity index (χ3v) is 2.63. The van der Waals surface area contributed by atoms with E-state index in [9.17, 15) is 0 Å². The van der Waals surface area contributed by atoms with Crippen molar-refractivity contribution in [1.29, 1.82) is 0 Å². The van der Waals surface area contributed by atoms with Gasteiger partial charge in [0.2, 0.25) is 11.7 Å². The lowest BCUT2D eigenvalue weighted by molar-refractivity contribution is 0.0208. The van der Waals surface area contributed by atoms with E-state index in [1.165, 1.54) is 0 Å². The van der Waals surface area contributed by atoms with Crippen LogP contribution in [0.2, 0.25) is 0 Å². The van der Waals surface area contributed by atoms with E-state index in [1.54, 1.807) is 0 Å². The molecule has 0 aliphatic carbocycles. The van der Waals surface area contributed by atoms with Crippen LogP contribution in [0.5, 0.6) is 0 Å². The molecule has 5 heteroatoms. The van der Waals surface area contributed by atoms with Crippen LogP contribution in [-0.4, -0.2) is 29.8 Å². The third-order valence-electron chi connectivity index (χ3n) is 2.63. The van der Waals surface area contributed by atoms with Gasteiger partial charge in [-0.2, -0.15) is 4.98 Å². The minimum absolute atomic E-state index is 0.0506. The maximum absolute atomic E-state index is 5.56. The quantitative estimate of drug-likeness (QED) is 0.837. The summed E-state index contributed by atoms with van der Waals surface area (Å²) in [5.41, 5.74) is 0. The largest absolute Gasteiger partial charge is 0.367 e. The average Bonchev–Trinajstić information content (AvgIpc) is 2.76. The second-order valence-corrected chi connectivity index (χ2v) is 4.54. The molecule has 1 aromatic rings. The van der Waals surface area contributed by atoms with E-state index >= 15 is 0 Å². The van der Waals surface area contributed by atoms with E-state index in [1.807, 2.05) is 0 Å². The minimum atomic E-state index is -0.0506. The van der Waals surface area contributed by atoms with Gasteiger partial charge in [0.25, 0.3) is 0 Å². The molecule has 2 heterocycles. The zero-order valence-electron chi connectivity index (χ0n) is 9.90. The highest BCUT2D eigenvalue weighted by Gasteiger charge is 2.21. The molecule has 1 fully saturated rings. The van der Waals surface area contributed by atoms with Crippen LogP contribution >= 0.6 is 0 Å². The molecule has 16 heavy (non-hydrogen) atoms. The molecule has 90 valence electrons. The summed E-state index contributed by atoms with van der Waals surface area (Å²) in [6.45, 7) is 6.75. The number of aromatic nitrogens is 2. The standard InChI is InChI=1S/C11H19N3O2/c1-8(2)3-4-10-13-11(14-16-10)9-7-12-5-6-15-9/h8-9,12H,3-7H2,1-2H3. The lowest BCUT2D eigenvalue weighted by Gasteiger charge is -2.20. The van der Waals surface area contributed by atoms with Crippen molar-refractivity contribution < 1.29 is 9.26 Å². The van der Waals surface area contributed by atoms with E-state index in [0.29, 0.717) is 18.3 Å². The SMILES string of the molecule is CC(C)CCc1nc(C2CNCCO2)no1. The molecule has 0 amide bonds. The van der Waals surface area contributed by atoms with Crippen molar-refractivity contribution in [2.45, 2.75) is 32.8 Å². The van der Waals surface area contributed by atoms with Crippen LogP contribution in [-0.2, 0) is 11.2 Å². The molecule has 0 spiro atoms. The highest BCUT2D eigenvalue weighted by Crippen LogP contribution is 2.16. The smallest absolute Gasteiger partial charge is 0.226 e. The Morgan fingerprint density at radius 2 is 2.38 bits per heavy atom. The summed E-state index contributed by atoms with van der Waals surface area (Å²) in [7, 11) is 0. The fourth-order valence-corrected chi connectivity index (χ4v) is 1.64. The van der Waals surface area contributed by atoms with Gasteiger partial charge >= 0.3 is 0 Å². The average molecular weight is 225 g/mol. The molecule has 0 aromatic carbocycles. The predicted octanol–water partition coefficient (Wildman–Crippen LogP) is 1.32. The van der Waals surface area contributed by atoms with Crippen molar-refractivity contribution >= 4 is 0 Å². The fraction of sp³-hybridized carbons (Fsp3) is 0.818. The van der Waals surface area contributed by atoms with Gasteiger partial charge in [0, 0.05) is 19.5 Å². The normalized spacial score (nSPS) is 21.6. The number of morpholine rings is 1. The van der Waals surface area contributed by atoms with Gasteiger partial charge in [0.15, 0.2) is 0 Å². The number of aryl methyl sites for hydroxylation is 1. The van der Waals surface area contributed by atoms with Gasteiger partial charge in [-0.15, -0.1) is 0 Å². The molecule has 1 saturated heterocycles. The maximum Gasteiger partial charge on any atom is 0.226 e. The van der Waals surface area contributed by atoms with Gasteiger partial charge in [-0.1, -0.05) is 19.0 Å². The third kappa shape index (κ3) is 3.02. The Hall–Kier alpha value is -0.940. The van der Waals surface area contributed by atoms with Crippen molar-refractivity contribution in [2.24, 2.45) is 5.92 Å². The summed E-state index contributed by atoms with van der Waals surface area (Å²) in [5.74, 6) is 2.05. The summed E-state index contributed by atoms with van der Waals surface area (Å²) < 4.78 is 10.8. The first kappa shape index (κ1) is 11.5. The van der Waals surface area contributed by atoms with E-state index in [0.717, 1.165) is 31.8 Å². The molecule has 1 aromatic heterocycles. The molecule has 2 rings (SSSR count). The molecular weight excluding hydrogens is 206 g/mol. The first-order chi connectivity index (χ1) is 7.75. The van der Waals surface area contributed by atoms with E-state index in [2.05, 4.69) is 29.3 Å². The molecule has 0 saturated carbocycles. The monoisotopic (exact) mass is 225 g/mol. The number of ether oxygens (including phenoxy) is 1. The molecule has 1 unspecified atom stereocenters. The van der Waals surface area contributed by atoms with Crippen LogP contribution < -0.4 is 5.32 Å². The molecular formula is C11H19N3O2. The summed E-state index contributed by atoms with van der Waals surface area (Å²) in [6.07, 6.45) is 1.88. The van der Waals surface area contributed by atoms with Gasteiger partial charge in [0.05, 0.1) is 6.61 Å². The number of hydrogen-bond donors (Lipinski definition) is 1. The fourth-order valence-electron chi connectivity index (χ4n) is 1.64. The van der Waals surface area contributed by atoms with Gasteiger partial charge in [0.1, 0.15) is 6.10 Å². The first-order valence-electron chi connectivity index (χ1n) is 5.90. The summed E-state index contributed by atoms with van der Waals surface area (Å²) in [5, 5.41) is 7.21. The van der Waals surface area contributed by atoms with Gasteiger partial charge < -0.3 is 14.6 Å². The Bertz CT molecular complexity index is 319. The van der Waals surface area contributed by atoms with Gasteiger partial charge in [-0.3, -0.25) is 0 Å². The topological polar surface area (TPSA) is 60.2 Å². The highest BCUT2D eigenvalue weighted by atomic mass is 16.5. The second kappa shape index (κ2) is 5.41. The zero-order chi connectivity index (χ0) is 11.4. The molecule has 1 N–H and O–H groups in total. The van der Waals surface area contributed by atoms with E-state index in [4.69, 9.17) is 9.26 Å². The minimum Gasteiger partial charge on any atom is -0.367 e. The number of hydrogen-bond acceptors (Lipinski definition) is 5. The second-order valence-electron chi connectivity index (χ2n) is 4.54. The van der Waals surface area contributed by atoms with Gasteiger partial charge in [-0.25, -0.2) is 0 Å². The van der Waals surface area contributed by atoms with Crippen molar-refractivity contribution in [1.82, 2.24) is 15.5 Å².